The molecule has 166 valence electrons. The molecule has 2 N–H and O–H groups in total. The molecule has 1 atom stereocenters. The van der Waals surface area contributed by atoms with Gasteiger partial charge in [-0.3, -0.25) is 9.67 Å². The van der Waals surface area contributed by atoms with Gasteiger partial charge in [0.1, 0.15) is 0 Å². The van der Waals surface area contributed by atoms with Gasteiger partial charge in [0.2, 0.25) is 0 Å². The maximum atomic E-state index is 4.77. The van der Waals surface area contributed by atoms with Crippen molar-refractivity contribution in [2.24, 2.45) is 4.99 Å². The number of nitrogens with zero attached hydrogens (tertiary/aromatic N) is 4. The molecule has 1 aromatic heterocycles. The van der Waals surface area contributed by atoms with E-state index in [1.807, 2.05) is 6.92 Å². The third-order valence-corrected chi connectivity index (χ3v) is 5.44. The van der Waals surface area contributed by atoms with Gasteiger partial charge in [0, 0.05) is 44.1 Å². The number of hydrogen-bond donors (Lipinski definition) is 2. The van der Waals surface area contributed by atoms with Crippen molar-refractivity contribution in [3.05, 3.63) is 47.3 Å². The third kappa shape index (κ3) is 6.89. The molecule has 1 aliphatic heterocycles. The SMILES string of the molecule is CCNC(=NCCCn1nc(C)cc1C)NC(C)c1cccc(N2CCCC2)c1.I. The molecule has 2 aromatic rings. The van der Waals surface area contributed by atoms with Crippen LogP contribution in [0.4, 0.5) is 5.69 Å². The van der Waals surface area contributed by atoms with Crippen LogP contribution in [0.2, 0.25) is 0 Å². The van der Waals surface area contributed by atoms with Gasteiger partial charge in [-0.2, -0.15) is 5.10 Å². The summed E-state index contributed by atoms with van der Waals surface area (Å²) in [6.07, 6.45) is 3.57. The second-order valence-corrected chi connectivity index (χ2v) is 7.92. The van der Waals surface area contributed by atoms with E-state index in [4.69, 9.17) is 4.99 Å². The molecule has 0 spiro atoms. The minimum Gasteiger partial charge on any atom is -0.372 e. The number of aromatic nitrogens is 2. The van der Waals surface area contributed by atoms with Crippen molar-refractivity contribution in [3.8, 4) is 0 Å². The van der Waals surface area contributed by atoms with Crippen LogP contribution >= 0.6 is 24.0 Å². The second kappa shape index (κ2) is 12.2. The van der Waals surface area contributed by atoms with E-state index >= 15 is 0 Å². The summed E-state index contributed by atoms with van der Waals surface area (Å²) in [5, 5.41) is 11.5. The molecule has 6 nitrogen and oxygen atoms in total. The van der Waals surface area contributed by atoms with Crippen molar-refractivity contribution in [3.63, 3.8) is 0 Å². The standard InChI is InChI=1S/C23H36N6.HI/c1-5-24-23(25-12-9-15-29-19(3)16-18(2)27-29)26-20(4)21-10-8-11-22(17-21)28-13-6-7-14-28;/h8,10-11,16-17,20H,5-7,9,12-15H2,1-4H3,(H2,24,25,26);1H. The summed E-state index contributed by atoms with van der Waals surface area (Å²) in [5.74, 6) is 0.875. The maximum Gasteiger partial charge on any atom is 0.191 e. The Kier molecular flexibility index (Phi) is 9.94. The van der Waals surface area contributed by atoms with Gasteiger partial charge in [-0.25, -0.2) is 0 Å². The number of nitrogens with one attached hydrogen (secondary N) is 2. The van der Waals surface area contributed by atoms with E-state index < -0.39 is 0 Å². The van der Waals surface area contributed by atoms with Crippen LogP contribution in [0.15, 0.2) is 35.3 Å². The van der Waals surface area contributed by atoms with Gasteiger partial charge in [0.25, 0.3) is 0 Å². The van der Waals surface area contributed by atoms with Crippen LogP contribution in [0.1, 0.15) is 56.1 Å². The molecule has 1 aromatic carbocycles. The summed E-state index contributed by atoms with van der Waals surface area (Å²) in [6, 6.07) is 11.2. The number of guanidine groups is 1. The third-order valence-electron chi connectivity index (χ3n) is 5.44. The first-order chi connectivity index (χ1) is 14.1. The molecule has 0 radical (unpaired) electrons. The Morgan fingerprint density at radius 2 is 1.97 bits per heavy atom. The molecular weight excluding hydrogens is 487 g/mol. The fourth-order valence-corrected chi connectivity index (χ4v) is 3.89. The number of aryl methyl sites for hydroxylation is 3. The molecule has 0 bridgehead atoms. The summed E-state index contributed by atoms with van der Waals surface area (Å²) in [4.78, 5) is 7.25. The highest BCUT2D eigenvalue weighted by atomic mass is 127. The molecule has 2 heterocycles. The zero-order valence-electron chi connectivity index (χ0n) is 18.8. The van der Waals surface area contributed by atoms with E-state index in [9.17, 15) is 0 Å². The summed E-state index contributed by atoms with van der Waals surface area (Å²) in [6.45, 7) is 13.3. The Morgan fingerprint density at radius 1 is 1.20 bits per heavy atom. The Bertz CT molecular complexity index is 810. The molecule has 3 rings (SSSR count). The number of benzene rings is 1. The molecule has 7 heteroatoms. The molecular formula is C23H37IN6. The van der Waals surface area contributed by atoms with Crippen LogP contribution in [-0.2, 0) is 6.54 Å². The van der Waals surface area contributed by atoms with Crippen LogP contribution < -0.4 is 15.5 Å². The van der Waals surface area contributed by atoms with E-state index in [2.05, 4.69) is 76.4 Å². The number of rotatable bonds is 8. The highest BCUT2D eigenvalue weighted by Gasteiger charge is 2.14. The molecule has 1 unspecified atom stereocenters. The average Bonchev–Trinajstić information content (AvgIpc) is 3.35. The van der Waals surface area contributed by atoms with Crippen LogP contribution in [0.3, 0.4) is 0 Å². The second-order valence-electron chi connectivity index (χ2n) is 7.92. The fourth-order valence-electron chi connectivity index (χ4n) is 3.89. The normalized spacial score (nSPS) is 15.1. The van der Waals surface area contributed by atoms with E-state index in [0.717, 1.165) is 37.7 Å². The van der Waals surface area contributed by atoms with Gasteiger partial charge in [0.15, 0.2) is 5.96 Å². The largest absolute Gasteiger partial charge is 0.372 e. The van der Waals surface area contributed by atoms with Gasteiger partial charge in [-0.15, -0.1) is 24.0 Å². The summed E-state index contributed by atoms with van der Waals surface area (Å²) < 4.78 is 2.07. The lowest BCUT2D eigenvalue weighted by Gasteiger charge is -2.22. The maximum absolute atomic E-state index is 4.77. The smallest absolute Gasteiger partial charge is 0.191 e. The van der Waals surface area contributed by atoms with Crippen molar-refractivity contribution in [1.29, 1.82) is 0 Å². The minimum atomic E-state index is 0. The summed E-state index contributed by atoms with van der Waals surface area (Å²) in [5.41, 5.74) is 4.91. The highest BCUT2D eigenvalue weighted by Crippen LogP contribution is 2.23. The molecule has 1 saturated heterocycles. The van der Waals surface area contributed by atoms with Gasteiger partial charge in [-0.05, 0) is 70.7 Å². The van der Waals surface area contributed by atoms with E-state index in [0.29, 0.717) is 0 Å². The Labute approximate surface area is 198 Å². The van der Waals surface area contributed by atoms with Crippen molar-refractivity contribution >= 4 is 35.6 Å². The van der Waals surface area contributed by atoms with Crippen LogP contribution in [0.5, 0.6) is 0 Å². The lowest BCUT2D eigenvalue weighted by Crippen LogP contribution is -2.38. The Morgan fingerprint density at radius 3 is 2.63 bits per heavy atom. The van der Waals surface area contributed by atoms with Crippen molar-refractivity contribution < 1.29 is 0 Å². The van der Waals surface area contributed by atoms with Crippen molar-refractivity contribution in [1.82, 2.24) is 20.4 Å². The lowest BCUT2D eigenvalue weighted by molar-refractivity contribution is 0.566. The first-order valence-corrected chi connectivity index (χ1v) is 11.0. The molecule has 30 heavy (non-hydrogen) atoms. The Hall–Kier alpha value is -1.77. The van der Waals surface area contributed by atoms with Crippen molar-refractivity contribution in [2.75, 3.05) is 31.1 Å². The van der Waals surface area contributed by atoms with Gasteiger partial charge in [0.05, 0.1) is 11.7 Å². The monoisotopic (exact) mass is 524 g/mol. The first kappa shape index (κ1) is 24.5. The molecule has 1 fully saturated rings. The lowest BCUT2D eigenvalue weighted by atomic mass is 10.1. The molecule has 0 aliphatic carbocycles. The zero-order valence-corrected chi connectivity index (χ0v) is 21.1. The van der Waals surface area contributed by atoms with Crippen LogP contribution in [-0.4, -0.2) is 41.9 Å². The molecule has 0 amide bonds. The summed E-state index contributed by atoms with van der Waals surface area (Å²) >= 11 is 0. The number of aliphatic imine (C=N–C) groups is 1. The van der Waals surface area contributed by atoms with Crippen LogP contribution in [0.25, 0.3) is 0 Å². The minimum absolute atomic E-state index is 0. The number of anilines is 1. The van der Waals surface area contributed by atoms with Crippen LogP contribution in [0, 0.1) is 13.8 Å². The molecule has 0 saturated carbocycles. The predicted octanol–water partition coefficient (Wildman–Crippen LogP) is 4.42. The van der Waals surface area contributed by atoms with Gasteiger partial charge in [-0.1, -0.05) is 12.1 Å². The van der Waals surface area contributed by atoms with E-state index in [-0.39, 0.29) is 30.0 Å². The quantitative estimate of drug-likeness (QED) is 0.232. The number of hydrogen-bond acceptors (Lipinski definition) is 3. The summed E-state index contributed by atoms with van der Waals surface area (Å²) in [7, 11) is 0. The Balaban J connectivity index is 0.00000320. The van der Waals surface area contributed by atoms with E-state index in [1.54, 1.807) is 0 Å². The fraction of sp³-hybridized carbons (Fsp3) is 0.565. The highest BCUT2D eigenvalue weighted by molar-refractivity contribution is 14.0. The van der Waals surface area contributed by atoms with Crippen molar-refractivity contribution in [2.45, 2.75) is 59.5 Å². The zero-order chi connectivity index (χ0) is 20.6. The number of halogens is 1. The average molecular weight is 524 g/mol. The molecule has 1 aliphatic rings. The predicted molar refractivity (Wildman–Crippen MR) is 137 cm³/mol. The van der Waals surface area contributed by atoms with Gasteiger partial charge < -0.3 is 15.5 Å². The topological polar surface area (TPSA) is 57.5 Å². The van der Waals surface area contributed by atoms with E-state index in [1.165, 1.54) is 42.9 Å². The first-order valence-electron chi connectivity index (χ1n) is 11.0. The van der Waals surface area contributed by atoms with Gasteiger partial charge >= 0.3 is 0 Å².